The van der Waals surface area contributed by atoms with E-state index in [1.54, 1.807) is 18.2 Å². The van der Waals surface area contributed by atoms with Crippen molar-refractivity contribution in [2.45, 2.75) is 19.3 Å². The van der Waals surface area contributed by atoms with Crippen molar-refractivity contribution >= 4 is 5.57 Å². The molecule has 0 N–H and O–H groups in total. The Balaban J connectivity index is 1.83. The van der Waals surface area contributed by atoms with Crippen LogP contribution in [0, 0.1) is 5.82 Å². The molecule has 0 aliphatic carbocycles. The maximum absolute atomic E-state index is 13.4. The van der Waals surface area contributed by atoms with Crippen LogP contribution < -0.4 is 4.74 Å². The van der Waals surface area contributed by atoms with Gasteiger partial charge < -0.3 is 4.74 Å². The molecule has 0 radical (unpaired) electrons. The summed E-state index contributed by atoms with van der Waals surface area (Å²) < 4.78 is 45.7. The van der Waals surface area contributed by atoms with Crippen molar-refractivity contribution in [2.75, 3.05) is 26.2 Å². The van der Waals surface area contributed by atoms with Gasteiger partial charge in [0.1, 0.15) is 18.2 Å². The lowest BCUT2D eigenvalue weighted by molar-refractivity contribution is 0.151. The second kappa shape index (κ2) is 7.16. The minimum atomic E-state index is -2.54. The Labute approximate surface area is 150 Å². The Morgan fingerprint density at radius 3 is 2.42 bits per heavy atom. The van der Waals surface area contributed by atoms with E-state index in [0.717, 1.165) is 36.3 Å². The van der Waals surface area contributed by atoms with Crippen molar-refractivity contribution in [3.63, 3.8) is 0 Å². The van der Waals surface area contributed by atoms with Gasteiger partial charge in [-0.15, -0.1) is 0 Å². The van der Waals surface area contributed by atoms with Crippen LogP contribution >= 0.6 is 0 Å². The summed E-state index contributed by atoms with van der Waals surface area (Å²) in [5.41, 5.74) is 3.40. The highest BCUT2D eigenvalue weighted by atomic mass is 19.3. The van der Waals surface area contributed by atoms with E-state index >= 15 is 0 Å². The smallest absolute Gasteiger partial charge is 0.263 e. The number of nitrogens with zero attached hydrogens (tertiary/aromatic N) is 1. The Morgan fingerprint density at radius 1 is 1.00 bits per heavy atom. The van der Waals surface area contributed by atoms with Crippen LogP contribution in [0.3, 0.4) is 0 Å². The molecule has 0 unspecified atom stereocenters. The molecule has 0 spiro atoms. The first-order valence-electron chi connectivity index (χ1n) is 8.87. The molecule has 2 heterocycles. The average Bonchev–Trinajstić information content (AvgIpc) is 3.15. The highest BCUT2D eigenvalue weighted by molar-refractivity contribution is 5.86. The monoisotopic (exact) mass is 359 g/mol. The van der Waals surface area contributed by atoms with Gasteiger partial charge in [0.2, 0.25) is 0 Å². The molecule has 0 bridgehead atoms. The first-order chi connectivity index (χ1) is 12.6. The molecular weight excluding hydrogens is 339 g/mol. The molecule has 1 saturated heterocycles. The fraction of sp³-hybridized carbons (Fsp3) is 0.333. The molecule has 2 aliphatic heterocycles. The van der Waals surface area contributed by atoms with Gasteiger partial charge in [0, 0.05) is 17.7 Å². The van der Waals surface area contributed by atoms with Crippen molar-refractivity contribution in [3.05, 3.63) is 70.5 Å². The zero-order chi connectivity index (χ0) is 18.1. The van der Waals surface area contributed by atoms with E-state index in [1.165, 1.54) is 37.1 Å². The van der Waals surface area contributed by atoms with Gasteiger partial charge in [-0.25, -0.2) is 13.2 Å². The van der Waals surface area contributed by atoms with Crippen LogP contribution in [-0.4, -0.2) is 31.1 Å². The molecule has 0 saturated carbocycles. The Kier molecular flexibility index (Phi) is 4.72. The van der Waals surface area contributed by atoms with Crippen LogP contribution in [0.15, 0.2) is 48.0 Å². The van der Waals surface area contributed by atoms with E-state index in [9.17, 15) is 13.2 Å². The van der Waals surface area contributed by atoms with Gasteiger partial charge in [-0.2, -0.15) is 0 Å². The second-order valence-electron chi connectivity index (χ2n) is 6.81. The Morgan fingerprint density at radius 2 is 1.73 bits per heavy atom. The van der Waals surface area contributed by atoms with E-state index in [2.05, 4.69) is 4.90 Å². The summed E-state index contributed by atoms with van der Waals surface area (Å²) in [6.07, 6.45) is -0.197. The molecule has 1 fully saturated rings. The van der Waals surface area contributed by atoms with Crippen LogP contribution in [0.4, 0.5) is 13.2 Å². The minimum Gasteiger partial charge on any atom is -0.489 e. The van der Waals surface area contributed by atoms with Gasteiger partial charge in [0.05, 0.1) is 0 Å². The first kappa shape index (κ1) is 17.2. The Hall–Kier alpha value is -2.27. The maximum atomic E-state index is 13.4. The van der Waals surface area contributed by atoms with Gasteiger partial charge in [-0.3, -0.25) is 4.90 Å². The maximum Gasteiger partial charge on any atom is 0.263 e. The number of hydrogen-bond donors (Lipinski definition) is 0. The van der Waals surface area contributed by atoms with Crippen LogP contribution in [0.1, 0.15) is 36.0 Å². The number of alkyl halides is 2. The van der Waals surface area contributed by atoms with Crippen LogP contribution in [0.25, 0.3) is 5.57 Å². The lowest BCUT2D eigenvalue weighted by atomic mass is 9.89. The Bertz CT molecular complexity index is 824. The topological polar surface area (TPSA) is 12.5 Å². The number of hydrogen-bond acceptors (Lipinski definition) is 2. The van der Waals surface area contributed by atoms with Crippen LogP contribution in [0.5, 0.6) is 5.75 Å². The molecule has 2 nitrogen and oxygen atoms in total. The summed E-state index contributed by atoms with van der Waals surface area (Å²) in [4.78, 5) is 2.35. The minimum absolute atomic E-state index is 0.0330. The highest BCUT2D eigenvalue weighted by Gasteiger charge is 2.25. The predicted octanol–water partition coefficient (Wildman–Crippen LogP) is 5.05. The van der Waals surface area contributed by atoms with Crippen LogP contribution in [0.2, 0.25) is 0 Å². The zero-order valence-electron chi connectivity index (χ0n) is 14.4. The van der Waals surface area contributed by atoms with E-state index < -0.39 is 6.43 Å². The first-order valence-corrected chi connectivity index (χ1v) is 8.87. The molecule has 5 heteroatoms. The van der Waals surface area contributed by atoms with Gasteiger partial charge in [0.25, 0.3) is 6.43 Å². The molecule has 0 aromatic heterocycles. The van der Waals surface area contributed by atoms with Crippen molar-refractivity contribution in [2.24, 2.45) is 0 Å². The summed E-state index contributed by atoms with van der Waals surface area (Å²) in [7, 11) is 0. The fourth-order valence-electron chi connectivity index (χ4n) is 3.74. The van der Waals surface area contributed by atoms with Crippen molar-refractivity contribution < 1.29 is 17.9 Å². The number of ether oxygens (including phenoxy) is 1. The molecule has 136 valence electrons. The second-order valence-corrected chi connectivity index (χ2v) is 6.81. The molecule has 2 aromatic carbocycles. The third-order valence-electron chi connectivity index (χ3n) is 5.03. The van der Waals surface area contributed by atoms with Gasteiger partial charge in [-0.1, -0.05) is 12.1 Å². The molecule has 0 atom stereocenters. The lowest BCUT2D eigenvalue weighted by Crippen LogP contribution is -2.27. The number of rotatable bonds is 4. The molecule has 26 heavy (non-hydrogen) atoms. The van der Waals surface area contributed by atoms with Gasteiger partial charge in [0.15, 0.2) is 0 Å². The number of halogens is 3. The van der Waals surface area contributed by atoms with E-state index in [0.29, 0.717) is 17.9 Å². The fourth-order valence-corrected chi connectivity index (χ4v) is 3.74. The molecular formula is C21H20F3NO. The lowest BCUT2D eigenvalue weighted by Gasteiger charge is -2.28. The molecule has 0 amide bonds. The SMILES string of the molecule is Fc1ccc(C2=C(CN3CCCC3)COc3ccc(C(F)F)cc32)cc1. The summed E-state index contributed by atoms with van der Waals surface area (Å²) >= 11 is 0. The van der Waals surface area contributed by atoms with E-state index in [1.807, 2.05) is 0 Å². The van der Waals surface area contributed by atoms with Crippen molar-refractivity contribution in [1.29, 1.82) is 0 Å². The van der Waals surface area contributed by atoms with E-state index in [4.69, 9.17) is 4.74 Å². The zero-order valence-corrected chi connectivity index (χ0v) is 14.4. The largest absolute Gasteiger partial charge is 0.489 e. The van der Waals surface area contributed by atoms with Crippen molar-refractivity contribution in [1.82, 2.24) is 4.90 Å². The van der Waals surface area contributed by atoms with Crippen molar-refractivity contribution in [3.8, 4) is 5.75 Å². The standard InChI is InChI=1S/C21H20F3NO/c22-17-6-3-14(4-7-17)20-16(12-25-9-1-2-10-25)13-26-19-8-5-15(21(23)24)11-18(19)20/h3-8,11,21H,1-2,9-10,12-13H2. The molecule has 2 aliphatic rings. The summed E-state index contributed by atoms with van der Waals surface area (Å²) in [6, 6.07) is 10.7. The molecule has 4 rings (SSSR count). The van der Waals surface area contributed by atoms with Gasteiger partial charge >= 0.3 is 0 Å². The quantitative estimate of drug-likeness (QED) is 0.757. The predicted molar refractivity (Wildman–Crippen MR) is 95.0 cm³/mol. The third kappa shape index (κ3) is 3.36. The average molecular weight is 359 g/mol. The summed E-state index contributed by atoms with van der Waals surface area (Å²) in [6.45, 7) is 3.23. The number of benzene rings is 2. The van der Waals surface area contributed by atoms with Gasteiger partial charge in [-0.05, 0) is 73.0 Å². The number of fused-ring (bicyclic) bond motifs is 1. The number of likely N-dealkylation sites (tertiary alicyclic amines) is 1. The normalized spacial score (nSPS) is 17.5. The third-order valence-corrected chi connectivity index (χ3v) is 5.03. The van der Waals surface area contributed by atoms with Crippen LogP contribution in [-0.2, 0) is 0 Å². The highest BCUT2D eigenvalue weighted by Crippen LogP contribution is 2.39. The molecule has 2 aromatic rings. The summed E-state index contributed by atoms with van der Waals surface area (Å²) in [5.74, 6) is 0.281. The van der Waals surface area contributed by atoms with E-state index in [-0.39, 0.29) is 11.4 Å². The summed E-state index contributed by atoms with van der Waals surface area (Å²) in [5, 5.41) is 0.